The molecular formula is C11H11N3O3S2. The zero-order valence-corrected chi connectivity index (χ0v) is 11.7. The summed E-state index contributed by atoms with van der Waals surface area (Å²) < 4.78 is 1.65. The Morgan fingerprint density at radius 2 is 2.37 bits per heavy atom. The molecule has 6 nitrogen and oxygen atoms in total. The Labute approximate surface area is 117 Å². The van der Waals surface area contributed by atoms with Crippen molar-refractivity contribution < 1.29 is 9.72 Å². The molecule has 0 saturated heterocycles. The monoisotopic (exact) mass is 297 g/mol. The fraction of sp³-hybridized carbons (Fsp3) is 0.273. The van der Waals surface area contributed by atoms with Gasteiger partial charge < -0.3 is 5.32 Å². The molecule has 2 rings (SSSR count). The van der Waals surface area contributed by atoms with Gasteiger partial charge in [-0.2, -0.15) is 0 Å². The number of nitro benzene ring substituents is 1. The van der Waals surface area contributed by atoms with Crippen molar-refractivity contribution in [3.63, 3.8) is 0 Å². The van der Waals surface area contributed by atoms with Crippen LogP contribution in [0.5, 0.6) is 0 Å². The molecule has 1 heterocycles. The number of thiazole rings is 1. The van der Waals surface area contributed by atoms with Crippen molar-refractivity contribution in [2.75, 3.05) is 12.3 Å². The second-order valence-electron chi connectivity index (χ2n) is 3.72. The number of benzene rings is 1. The fourth-order valence-electron chi connectivity index (χ4n) is 1.43. The van der Waals surface area contributed by atoms with Gasteiger partial charge in [0.05, 0.1) is 15.1 Å². The molecule has 100 valence electrons. The number of rotatable bonds is 5. The number of nitrogens with zero attached hydrogens (tertiary/aromatic N) is 2. The molecule has 1 N–H and O–H groups in total. The van der Waals surface area contributed by atoms with Crippen molar-refractivity contribution >= 4 is 44.9 Å². The van der Waals surface area contributed by atoms with Gasteiger partial charge in [-0.15, -0.1) is 11.3 Å². The number of carbonyl (C=O) groups excluding carboxylic acids is 1. The SMILES string of the molecule is CC(=O)NCCSc1nc2ccc([N+](=O)[O-])cc2s1. The zero-order chi connectivity index (χ0) is 13.8. The van der Waals surface area contributed by atoms with Crippen LogP contribution in [0.4, 0.5) is 5.69 Å². The van der Waals surface area contributed by atoms with Crippen molar-refractivity contribution in [3.8, 4) is 0 Å². The van der Waals surface area contributed by atoms with E-state index in [2.05, 4.69) is 10.3 Å². The van der Waals surface area contributed by atoms with Crippen LogP contribution in [0.15, 0.2) is 22.5 Å². The van der Waals surface area contributed by atoms with E-state index < -0.39 is 4.92 Å². The van der Waals surface area contributed by atoms with Crippen LogP contribution in [0.3, 0.4) is 0 Å². The maximum Gasteiger partial charge on any atom is 0.270 e. The van der Waals surface area contributed by atoms with E-state index in [1.165, 1.54) is 42.2 Å². The molecule has 19 heavy (non-hydrogen) atoms. The molecule has 2 aromatic rings. The molecule has 0 bridgehead atoms. The minimum Gasteiger partial charge on any atom is -0.356 e. The number of fused-ring (bicyclic) bond motifs is 1. The summed E-state index contributed by atoms with van der Waals surface area (Å²) >= 11 is 2.95. The number of carbonyl (C=O) groups is 1. The van der Waals surface area contributed by atoms with Crippen molar-refractivity contribution in [2.24, 2.45) is 0 Å². The van der Waals surface area contributed by atoms with E-state index in [9.17, 15) is 14.9 Å². The smallest absolute Gasteiger partial charge is 0.270 e. The molecule has 0 spiro atoms. The first-order chi connectivity index (χ1) is 9.06. The lowest BCUT2D eigenvalue weighted by molar-refractivity contribution is -0.384. The topological polar surface area (TPSA) is 85.1 Å². The minimum absolute atomic E-state index is 0.0551. The van der Waals surface area contributed by atoms with E-state index >= 15 is 0 Å². The Morgan fingerprint density at radius 3 is 3.05 bits per heavy atom. The lowest BCUT2D eigenvalue weighted by Crippen LogP contribution is -2.22. The average Bonchev–Trinajstić information content (AvgIpc) is 2.75. The summed E-state index contributed by atoms with van der Waals surface area (Å²) in [5.41, 5.74) is 0.837. The summed E-state index contributed by atoms with van der Waals surface area (Å²) in [6.45, 7) is 2.05. The molecule has 0 aliphatic carbocycles. The summed E-state index contributed by atoms with van der Waals surface area (Å²) in [4.78, 5) is 25.3. The predicted molar refractivity (Wildman–Crippen MR) is 75.7 cm³/mol. The van der Waals surface area contributed by atoms with Crippen LogP contribution in [-0.2, 0) is 4.79 Å². The van der Waals surface area contributed by atoms with Crippen molar-refractivity contribution in [1.29, 1.82) is 0 Å². The van der Waals surface area contributed by atoms with Crippen molar-refractivity contribution in [1.82, 2.24) is 10.3 Å². The maximum absolute atomic E-state index is 10.7. The Bertz CT molecular complexity index is 627. The minimum atomic E-state index is -0.414. The van der Waals surface area contributed by atoms with Gasteiger partial charge in [0.1, 0.15) is 0 Å². The van der Waals surface area contributed by atoms with Crippen LogP contribution in [0.2, 0.25) is 0 Å². The molecular weight excluding hydrogens is 286 g/mol. The van der Waals surface area contributed by atoms with E-state index in [4.69, 9.17) is 0 Å². The van der Waals surface area contributed by atoms with E-state index in [1.54, 1.807) is 6.07 Å². The summed E-state index contributed by atoms with van der Waals surface area (Å²) in [6, 6.07) is 4.64. The largest absolute Gasteiger partial charge is 0.356 e. The highest BCUT2D eigenvalue weighted by Gasteiger charge is 2.10. The lowest BCUT2D eigenvalue weighted by atomic mass is 10.3. The first-order valence-electron chi connectivity index (χ1n) is 5.48. The number of non-ortho nitro benzene ring substituents is 1. The van der Waals surface area contributed by atoms with Gasteiger partial charge in [-0.25, -0.2) is 4.98 Å². The number of nitrogens with one attached hydrogen (secondary N) is 1. The van der Waals surface area contributed by atoms with Gasteiger partial charge >= 0.3 is 0 Å². The Kier molecular flexibility index (Phi) is 4.33. The van der Waals surface area contributed by atoms with E-state index in [1.807, 2.05) is 0 Å². The predicted octanol–water partition coefficient (Wildman–Crippen LogP) is 2.43. The van der Waals surface area contributed by atoms with Crippen LogP contribution in [0, 0.1) is 10.1 Å². The molecule has 0 atom stereocenters. The quantitative estimate of drug-likeness (QED) is 0.396. The zero-order valence-electron chi connectivity index (χ0n) is 10.1. The van der Waals surface area contributed by atoms with Crippen LogP contribution in [-0.4, -0.2) is 28.1 Å². The second-order valence-corrected chi connectivity index (χ2v) is 6.09. The Morgan fingerprint density at radius 1 is 1.58 bits per heavy atom. The molecule has 0 aliphatic rings. The maximum atomic E-state index is 10.7. The number of thioether (sulfide) groups is 1. The molecule has 1 aromatic carbocycles. The summed E-state index contributed by atoms with van der Waals surface area (Å²) in [6.07, 6.45) is 0. The highest BCUT2D eigenvalue weighted by atomic mass is 32.2. The Hall–Kier alpha value is -1.67. The Balaban J connectivity index is 2.04. The molecule has 1 amide bonds. The van der Waals surface area contributed by atoms with Crippen LogP contribution < -0.4 is 5.32 Å². The van der Waals surface area contributed by atoms with E-state index in [0.29, 0.717) is 6.54 Å². The van der Waals surface area contributed by atoms with Crippen molar-refractivity contribution in [3.05, 3.63) is 28.3 Å². The third-order valence-corrected chi connectivity index (χ3v) is 4.43. The van der Waals surface area contributed by atoms with E-state index in [-0.39, 0.29) is 11.6 Å². The molecule has 0 saturated carbocycles. The molecule has 8 heteroatoms. The van der Waals surface area contributed by atoms with Gasteiger partial charge in [0.2, 0.25) is 5.91 Å². The summed E-state index contributed by atoms with van der Waals surface area (Å²) in [5, 5.41) is 13.4. The average molecular weight is 297 g/mol. The van der Waals surface area contributed by atoms with E-state index in [0.717, 1.165) is 20.3 Å². The van der Waals surface area contributed by atoms with Gasteiger partial charge in [0, 0.05) is 31.4 Å². The molecule has 1 aromatic heterocycles. The third-order valence-electron chi connectivity index (χ3n) is 2.26. The molecule has 0 fully saturated rings. The van der Waals surface area contributed by atoms with Gasteiger partial charge in [-0.1, -0.05) is 11.8 Å². The molecule has 0 unspecified atom stereocenters. The normalized spacial score (nSPS) is 10.6. The highest BCUT2D eigenvalue weighted by molar-refractivity contribution is 8.01. The van der Waals surface area contributed by atoms with Gasteiger partial charge in [-0.3, -0.25) is 14.9 Å². The van der Waals surface area contributed by atoms with Gasteiger partial charge in [0.15, 0.2) is 4.34 Å². The van der Waals surface area contributed by atoms with Gasteiger partial charge in [-0.05, 0) is 6.07 Å². The van der Waals surface area contributed by atoms with Crippen LogP contribution in [0.25, 0.3) is 10.2 Å². The molecule has 0 aliphatic heterocycles. The number of hydrogen-bond donors (Lipinski definition) is 1. The summed E-state index contributed by atoms with van der Waals surface area (Å²) in [5.74, 6) is 0.669. The number of hydrogen-bond acceptors (Lipinski definition) is 6. The van der Waals surface area contributed by atoms with Crippen LogP contribution in [0.1, 0.15) is 6.92 Å². The molecule has 0 radical (unpaired) electrons. The number of amides is 1. The second kappa shape index (κ2) is 5.98. The lowest BCUT2D eigenvalue weighted by Gasteiger charge is -1.98. The van der Waals surface area contributed by atoms with Crippen LogP contribution >= 0.6 is 23.1 Å². The number of aromatic nitrogens is 1. The van der Waals surface area contributed by atoms with Crippen molar-refractivity contribution in [2.45, 2.75) is 11.3 Å². The third kappa shape index (κ3) is 3.65. The first kappa shape index (κ1) is 13.8. The standard InChI is InChI=1S/C11H11N3O3S2/c1-7(15)12-4-5-18-11-13-9-3-2-8(14(16)17)6-10(9)19-11/h2-3,6H,4-5H2,1H3,(H,12,15). The number of nitro groups is 1. The highest BCUT2D eigenvalue weighted by Crippen LogP contribution is 2.31. The van der Waals surface area contributed by atoms with Gasteiger partial charge in [0.25, 0.3) is 5.69 Å². The first-order valence-corrected chi connectivity index (χ1v) is 7.28. The fourth-order valence-corrected chi connectivity index (χ4v) is 3.46. The summed E-state index contributed by atoms with van der Waals surface area (Å²) in [7, 11) is 0.